The van der Waals surface area contributed by atoms with Crippen LogP contribution in [0.4, 0.5) is 5.69 Å². The maximum Gasteiger partial charge on any atom is 0.194 e. The van der Waals surface area contributed by atoms with Crippen molar-refractivity contribution in [1.82, 2.24) is 9.13 Å². The Morgan fingerprint density at radius 2 is 0.781 bits per heavy atom. The van der Waals surface area contributed by atoms with Crippen molar-refractivity contribution in [2.45, 2.75) is 6.92 Å². The highest BCUT2D eigenvalue weighted by atomic mass is 15.0. The Bertz CT molecular complexity index is 4300. The van der Waals surface area contributed by atoms with Crippen LogP contribution in [0.5, 0.6) is 0 Å². The summed E-state index contributed by atoms with van der Waals surface area (Å²) in [5.41, 5.74) is 18.2. The molecule has 2 heterocycles. The number of hydrogen-bond acceptors (Lipinski definition) is 4. The number of nitrogens with zero attached hydrogens (tertiary/aromatic N) is 7. The molecule has 10 aromatic carbocycles. The molecule has 2 aromatic heterocycles. The monoisotopic (exact) mass is 927 g/mol. The van der Waals surface area contributed by atoms with Gasteiger partial charge in [-0.3, -0.25) is 0 Å². The van der Waals surface area contributed by atoms with E-state index in [1.807, 2.05) is 121 Å². The molecular weight excluding hydrogens is 891 g/mol. The molecule has 0 radical (unpaired) electrons. The van der Waals surface area contributed by atoms with Crippen molar-refractivity contribution in [3.63, 3.8) is 0 Å². The zero-order valence-electron chi connectivity index (χ0n) is 39.3. The molecule has 0 saturated heterocycles. The van der Waals surface area contributed by atoms with E-state index in [-0.39, 0.29) is 0 Å². The third-order valence-electron chi connectivity index (χ3n) is 14.1. The highest BCUT2D eigenvalue weighted by molar-refractivity contribution is 6.14. The Morgan fingerprint density at radius 1 is 0.370 bits per heavy atom. The summed E-state index contributed by atoms with van der Waals surface area (Å²) >= 11 is 0. The van der Waals surface area contributed by atoms with Gasteiger partial charge in [-0.2, -0.15) is 21.0 Å². The van der Waals surface area contributed by atoms with E-state index in [1.54, 1.807) is 0 Å². The number of fused-ring (bicyclic) bond motifs is 6. The Balaban J connectivity index is 1.18. The van der Waals surface area contributed by atoms with Gasteiger partial charge in [0.25, 0.3) is 0 Å². The molecule has 0 aliphatic heterocycles. The van der Waals surface area contributed by atoms with Gasteiger partial charge in [0.2, 0.25) is 0 Å². The topological polar surface area (TPSA) is 109 Å². The minimum Gasteiger partial charge on any atom is -0.309 e. The summed E-state index contributed by atoms with van der Waals surface area (Å²) < 4.78 is 4.63. The molecule has 0 saturated carbocycles. The van der Waals surface area contributed by atoms with E-state index in [4.69, 9.17) is 6.57 Å². The van der Waals surface area contributed by atoms with Gasteiger partial charge in [-0.15, -0.1) is 0 Å². The van der Waals surface area contributed by atoms with Crippen molar-refractivity contribution >= 4 is 49.3 Å². The van der Waals surface area contributed by atoms with Crippen LogP contribution in [0, 0.1) is 58.8 Å². The standard InChI is InChI=1S/C66H37N7/c1-41-61(72-62-27-22-44(51-17-6-3-13-48(51)38-68)33-56(62)57-34-45(23-28-63(57)72)52-18-7-4-14-49(52)39-69)31-26-55(43-16-11-12-42(32-43)37-67)66(41)73-64-29-24-46(53-19-8-5-15-50(53)40-70)35-58(64)59-36-47(25-30-65(59)73)54-20-9-10-21-60(54)71-2/h3-36H,1H3. The van der Waals surface area contributed by atoms with Crippen molar-refractivity contribution in [3.8, 4) is 91.3 Å². The molecule has 7 nitrogen and oxygen atoms in total. The fourth-order valence-corrected chi connectivity index (χ4v) is 10.7. The lowest BCUT2D eigenvalue weighted by Crippen LogP contribution is -2.06. The lowest BCUT2D eigenvalue weighted by atomic mass is 9.96. The number of hydrogen-bond donors (Lipinski definition) is 0. The summed E-state index contributed by atoms with van der Waals surface area (Å²) in [6.45, 7) is 10.2. The molecule has 0 bridgehead atoms. The van der Waals surface area contributed by atoms with Gasteiger partial charge in [-0.1, -0.05) is 121 Å². The Kier molecular flexibility index (Phi) is 10.5. The zero-order chi connectivity index (χ0) is 49.7. The molecule has 336 valence electrons. The van der Waals surface area contributed by atoms with Crippen LogP contribution in [-0.2, 0) is 0 Å². The molecule has 0 atom stereocenters. The van der Waals surface area contributed by atoms with E-state index in [9.17, 15) is 21.0 Å². The summed E-state index contributed by atoms with van der Waals surface area (Å²) in [6.07, 6.45) is 0. The molecular formula is C66H37N7. The first-order chi connectivity index (χ1) is 35.9. The second-order valence-corrected chi connectivity index (χ2v) is 18.0. The molecule has 12 rings (SSSR count). The molecule has 0 unspecified atom stereocenters. The van der Waals surface area contributed by atoms with E-state index in [0.29, 0.717) is 27.9 Å². The molecule has 7 heteroatoms. The largest absolute Gasteiger partial charge is 0.309 e. The molecule has 12 aromatic rings. The zero-order valence-corrected chi connectivity index (χ0v) is 39.3. The van der Waals surface area contributed by atoms with Crippen LogP contribution in [-0.4, -0.2) is 9.13 Å². The Labute approximate surface area is 421 Å². The van der Waals surface area contributed by atoms with Gasteiger partial charge in [0, 0.05) is 27.1 Å². The lowest BCUT2D eigenvalue weighted by molar-refractivity contribution is 1.10. The normalized spacial score (nSPS) is 11.0. The van der Waals surface area contributed by atoms with Gasteiger partial charge in [-0.05, 0) is 147 Å². The minimum absolute atomic E-state index is 0.543. The molecule has 0 N–H and O–H groups in total. The van der Waals surface area contributed by atoms with Crippen molar-refractivity contribution in [2.75, 3.05) is 0 Å². The first-order valence-electron chi connectivity index (χ1n) is 23.7. The van der Waals surface area contributed by atoms with Gasteiger partial charge < -0.3 is 9.13 Å². The maximum absolute atomic E-state index is 10.2. The van der Waals surface area contributed by atoms with E-state index >= 15 is 0 Å². The van der Waals surface area contributed by atoms with E-state index < -0.39 is 0 Å². The van der Waals surface area contributed by atoms with Crippen molar-refractivity contribution in [2.24, 2.45) is 0 Å². The van der Waals surface area contributed by atoms with Gasteiger partial charge in [0.1, 0.15) is 0 Å². The van der Waals surface area contributed by atoms with Crippen molar-refractivity contribution < 1.29 is 0 Å². The third-order valence-corrected chi connectivity index (χ3v) is 14.1. The summed E-state index contributed by atoms with van der Waals surface area (Å²) in [5.74, 6) is 0. The average Bonchev–Trinajstić information content (AvgIpc) is 3.96. The van der Waals surface area contributed by atoms with Crippen LogP contribution in [0.15, 0.2) is 206 Å². The molecule has 0 spiro atoms. The second-order valence-electron chi connectivity index (χ2n) is 18.0. The lowest BCUT2D eigenvalue weighted by Gasteiger charge is -2.21. The fourth-order valence-electron chi connectivity index (χ4n) is 10.7. The van der Waals surface area contributed by atoms with Gasteiger partial charge in [0.15, 0.2) is 5.69 Å². The summed E-state index contributed by atoms with van der Waals surface area (Å²) in [6, 6.07) is 77.7. The first-order valence-corrected chi connectivity index (χ1v) is 23.7. The average molecular weight is 928 g/mol. The van der Waals surface area contributed by atoms with Crippen LogP contribution >= 0.6 is 0 Å². The number of benzene rings is 10. The van der Waals surface area contributed by atoms with E-state index in [1.165, 1.54) is 0 Å². The Hall–Kier alpha value is -10.8. The van der Waals surface area contributed by atoms with Crippen LogP contribution < -0.4 is 0 Å². The summed E-state index contributed by atoms with van der Waals surface area (Å²) in [5, 5.41) is 44.7. The predicted molar refractivity (Wildman–Crippen MR) is 292 cm³/mol. The third kappa shape index (κ3) is 7.08. The highest BCUT2D eigenvalue weighted by Crippen LogP contribution is 2.45. The SMILES string of the molecule is [C-]#[N+]c1ccccc1-c1ccc2c(c1)c1cc(-c3ccccc3C#N)ccc1n2-c1c(-c2cccc(C#N)c2)ccc(-n2c3ccc(-c4ccccc4C#N)cc3c3cc(-c4ccccc4C#N)ccc32)c1C. The molecule has 73 heavy (non-hydrogen) atoms. The number of nitriles is 4. The summed E-state index contributed by atoms with van der Waals surface area (Å²) in [7, 11) is 0. The smallest absolute Gasteiger partial charge is 0.194 e. The Morgan fingerprint density at radius 3 is 1.23 bits per heavy atom. The van der Waals surface area contributed by atoms with Crippen molar-refractivity contribution in [1.29, 1.82) is 21.0 Å². The van der Waals surface area contributed by atoms with E-state index in [0.717, 1.165) is 116 Å². The minimum atomic E-state index is 0.543. The number of para-hydroxylation sites is 1. The molecule has 0 aliphatic carbocycles. The van der Waals surface area contributed by atoms with Crippen LogP contribution in [0.1, 0.15) is 27.8 Å². The second kappa shape index (κ2) is 17.6. The first kappa shape index (κ1) is 43.5. The quantitative estimate of drug-likeness (QED) is 0.148. The molecule has 0 aliphatic rings. The van der Waals surface area contributed by atoms with Gasteiger partial charge in [0.05, 0.1) is 86.5 Å². The summed E-state index contributed by atoms with van der Waals surface area (Å²) in [4.78, 5) is 3.88. The van der Waals surface area contributed by atoms with Gasteiger partial charge in [-0.25, -0.2) is 4.85 Å². The molecule has 0 fully saturated rings. The van der Waals surface area contributed by atoms with Gasteiger partial charge >= 0.3 is 0 Å². The predicted octanol–water partition coefficient (Wildman–Crippen LogP) is 16.6. The van der Waals surface area contributed by atoms with Crippen LogP contribution in [0.25, 0.3) is 115 Å². The molecule has 0 amide bonds. The van der Waals surface area contributed by atoms with E-state index in [2.05, 4.69) is 130 Å². The number of rotatable bonds is 7. The fraction of sp³-hybridized carbons (Fsp3) is 0.0152. The van der Waals surface area contributed by atoms with Crippen LogP contribution in [0.3, 0.4) is 0 Å². The number of aromatic nitrogens is 2. The van der Waals surface area contributed by atoms with Crippen LogP contribution in [0.2, 0.25) is 0 Å². The highest BCUT2D eigenvalue weighted by Gasteiger charge is 2.24. The maximum atomic E-state index is 10.2. The van der Waals surface area contributed by atoms with Crippen molar-refractivity contribution in [3.05, 3.63) is 245 Å².